The first kappa shape index (κ1) is 22.0. The van der Waals surface area contributed by atoms with Gasteiger partial charge in [0.05, 0.1) is 17.5 Å². The predicted molar refractivity (Wildman–Crippen MR) is 114 cm³/mol. The fourth-order valence-corrected chi connectivity index (χ4v) is 5.00. The van der Waals surface area contributed by atoms with Gasteiger partial charge >= 0.3 is 0 Å². The molecule has 8 heteroatoms. The smallest absolute Gasteiger partial charge is 0.227 e. The Morgan fingerprint density at radius 1 is 1.30 bits per heavy atom. The van der Waals surface area contributed by atoms with Crippen molar-refractivity contribution >= 4 is 57.2 Å². The molecule has 2 atom stereocenters. The van der Waals surface area contributed by atoms with Gasteiger partial charge in [-0.15, -0.1) is 23.7 Å². The number of carbonyl (C=O) groups excluding carboxylic acids is 2. The van der Waals surface area contributed by atoms with Crippen LogP contribution in [0.3, 0.4) is 0 Å². The second kappa shape index (κ2) is 9.24. The van der Waals surface area contributed by atoms with E-state index in [0.717, 1.165) is 26.4 Å². The summed E-state index contributed by atoms with van der Waals surface area (Å²) < 4.78 is 1.12. The van der Waals surface area contributed by atoms with Crippen molar-refractivity contribution in [2.45, 2.75) is 32.4 Å². The summed E-state index contributed by atoms with van der Waals surface area (Å²) in [6.07, 6.45) is 1.45. The minimum atomic E-state index is -0.217. The second-order valence-electron chi connectivity index (χ2n) is 6.99. The third-order valence-corrected chi connectivity index (χ3v) is 6.63. The Morgan fingerprint density at radius 2 is 2.00 bits per heavy atom. The highest BCUT2D eigenvalue weighted by Crippen LogP contribution is 2.36. The fraction of sp³-hybridized carbons (Fsp3) is 0.474. The zero-order valence-electron chi connectivity index (χ0n) is 15.5. The average molecular weight is 430 g/mol. The zero-order valence-corrected chi connectivity index (χ0v) is 17.9. The van der Waals surface area contributed by atoms with Crippen LogP contribution in [0.25, 0.3) is 10.1 Å². The van der Waals surface area contributed by atoms with Gasteiger partial charge in [-0.3, -0.25) is 9.59 Å². The first-order valence-electron chi connectivity index (χ1n) is 8.78. The molecule has 0 bridgehead atoms. The molecule has 0 spiro atoms. The molecule has 2 amide bonds. The topological polar surface area (TPSA) is 66.6 Å². The maximum atomic E-state index is 13.0. The van der Waals surface area contributed by atoms with E-state index in [2.05, 4.69) is 0 Å². The molecule has 0 aliphatic carbocycles. The van der Waals surface area contributed by atoms with Crippen LogP contribution in [0, 0.1) is 5.92 Å². The Kier molecular flexibility index (Phi) is 7.51. The van der Waals surface area contributed by atoms with E-state index >= 15 is 0 Å². The van der Waals surface area contributed by atoms with Gasteiger partial charge in [0, 0.05) is 48.1 Å². The lowest BCUT2D eigenvalue weighted by molar-refractivity contribution is -0.137. The van der Waals surface area contributed by atoms with E-state index < -0.39 is 0 Å². The largest absolute Gasteiger partial charge is 0.341 e. The summed E-state index contributed by atoms with van der Waals surface area (Å²) in [4.78, 5) is 29.2. The number of hydrogen-bond donors (Lipinski definition) is 1. The highest BCUT2D eigenvalue weighted by molar-refractivity contribution is 7.19. The third kappa shape index (κ3) is 4.93. The molecule has 0 radical (unpaired) electrons. The highest BCUT2D eigenvalue weighted by Gasteiger charge is 2.30. The lowest BCUT2D eigenvalue weighted by Gasteiger charge is -2.26. The molecule has 3 rings (SSSR count). The summed E-state index contributed by atoms with van der Waals surface area (Å²) in [6, 6.07) is 7.91. The first-order chi connectivity index (χ1) is 12.4. The van der Waals surface area contributed by atoms with Gasteiger partial charge in [0.2, 0.25) is 11.8 Å². The van der Waals surface area contributed by atoms with Crippen LogP contribution < -0.4 is 5.73 Å². The van der Waals surface area contributed by atoms with Gasteiger partial charge in [0.15, 0.2) is 0 Å². The Labute approximate surface area is 174 Å². The van der Waals surface area contributed by atoms with E-state index in [1.54, 1.807) is 28.2 Å². The molecule has 27 heavy (non-hydrogen) atoms. The number of nitrogens with zero attached hydrogens (tertiary/aromatic N) is 2. The standard InChI is InChI=1S/C19H24ClN3O2S.ClH/c1-12(24)23-9-13(7-8-14(21)10-23)19(25)22(2)11-17-18(20)15-5-3-4-6-16(15)26-17;/h3-6,13-14H,7-11,21H2,1-2H3;1H/t13-,14+;/m1./s1. The van der Waals surface area contributed by atoms with Crippen molar-refractivity contribution in [2.24, 2.45) is 11.7 Å². The summed E-state index contributed by atoms with van der Waals surface area (Å²) in [7, 11) is 1.80. The number of fused-ring (bicyclic) bond motifs is 1. The van der Waals surface area contributed by atoms with Crippen LogP contribution in [0.1, 0.15) is 24.6 Å². The maximum absolute atomic E-state index is 13.0. The summed E-state index contributed by atoms with van der Waals surface area (Å²) in [5, 5.41) is 1.75. The number of likely N-dealkylation sites (tertiary alicyclic amines) is 1. The van der Waals surface area contributed by atoms with Gasteiger partial charge in [0.25, 0.3) is 0 Å². The van der Waals surface area contributed by atoms with Crippen LogP contribution in [0.5, 0.6) is 0 Å². The van der Waals surface area contributed by atoms with E-state index in [9.17, 15) is 9.59 Å². The van der Waals surface area contributed by atoms with Crippen molar-refractivity contribution < 1.29 is 9.59 Å². The molecule has 1 aromatic carbocycles. The number of carbonyl (C=O) groups is 2. The third-order valence-electron chi connectivity index (χ3n) is 4.93. The molecule has 1 fully saturated rings. The predicted octanol–water partition coefficient (Wildman–Crippen LogP) is 3.52. The van der Waals surface area contributed by atoms with Gasteiger partial charge in [-0.2, -0.15) is 0 Å². The van der Waals surface area contributed by atoms with Crippen molar-refractivity contribution in [3.05, 3.63) is 34.2 Å². The first-order valence-corrected chi connectivity index (χ1v) is 9.98. The highest BCUT2D eigenvalue weighted by atomic mass is 35.5. The van der Waals surface area contributed by atoms with Crippen molar-refractivity contribution in [3.63, 3.8) is 0 Å². The Bertz CT molecular complexity index is 826. The van der Waals surface area contributed by atoms with Crippen LogP contribution in [0.2, 0.25) is 5.02 Å². The van der Waals surface area contributed by atoms with Crippen LogP contribution >= 0.6 is 35.3 Å². The van der Waals surface area contributed by atoms with Crippen molar-refractivity contribution in [1.82, 2.24) is 9.80 Å². The zero-order chi connectivity index (χ0) is 18.8. The fourth-order valence-electron chi connectivity index (χ4n) is 3.45. The maximum Gasteiger partial charge on any atom is 0.227 e. The number of benzene rings is 1. The van der Waals surface area contributed by atoms with Crippen molar-refractivity contribution in [1.29, 1.82) is 0 Å². The summed E-state index contributed by atoms with van der Waals surface area (Å²) in [6.45, 7) is 2.96. The molecule has 1 aliphatic heterocycles. The Morgan fingerprint density at radius 3 is 2.67 bits per heavy atom. The summed E-state index contributed by atoms with van der Waals surface area (Å²) in [5.41, 5.74) is 6.05. The lowest BCUT2D eigenvalue weighted by atomic mass is 10.0. The molecule has 0 unspecified atom stereocenters. The van der Waals surface area contributed by atoms with Crippen LogP contribution in [-0.2, 0) is 16.1 Å². The van der Waals surface area contributed by atoms with Gasteiger partial charge < -0.3 is 15.5 Å². The molecular formula is C19H25Cl2N3O2S. The minimum Gasteiger partial charge on any atom is -0.341 e. The summed E-state index contributed by atoms with van der Waals surface area (Å²) in [5.74, 6) is -0.208. The van der Waals surface area contributed by atoms with Crippen LogP contribution in [0.4, 0.5) is 0 Å². The number of hydrogen-bond acceptors (Lipinski definition) is 4. The normalized spacial score (nSPS) is 20.1. The molecule has 148 valence electrons. The van der Waals surface area contributed by atoms with E-state index in [4.69, 9.17) is 17.3 Å². The van der Waals surface area contributed by atoms with E-state index in [-0.39, 0.29) is 36.2 Å². The number of amides is 2. The van der Waals surface area contributed by atoms with E-state index in [1.807, 2.05) is 24.3 Å². The van der Waals surface area contributed by atoms with Crippen molar-refractivity contribution in [2.75, 3.05) is 20.1 Å². The van der Waals surface area contributed by atoms with Gasteiger partial charge in [-0.25, -0.2) is 0 Å². The monoisotopic (exact) mass is 429 g/mol. The quantitative estimate of drug-likeness (QED) is 0.811. The second-order valence-corrected chi connectivity index (χ2v) is 8.50. The van der Waals surface area contributed by atoms with Crippen LogP contribution in [0.15, 0.2) is 24.3 Å². The van der Waals surface area contributed by atoms with Crippen molar-refractivity contribution in [3.8, 4) is 0 Å². The molecule has 2 aromatic rings. The Balaban J connectivity index is 0.00000261. The van der Waals surface area contributed by atoms with Crippen LogP contribution in [-0.4, -0.2) is 47.8 Å². The number of nitrogens with two attached hydrogens (primary N) is 1. The van der Waals surface area contributed by atoms with E-state index in [0.29, 0.717) is 26.1 Å². The molecular weight excluding hydrogens is 405 g/mol. The van der Waals surface area contributed by atoms with Gasteiger partial charge in [-0.05, 0) is 18.9 Å². The Hall–Kier alpha value is -1.34. The molecule has 1 saturated heterocycles. The van der Waals surface area contributed by atoms with E-state index in [1.165, 1.54) is 6.92 Å². The number of rotatable bonds is 3. The average Bonchev–Trinajstić information content (AvgIpc) is 2.79. The number of halogens is 2. The minimum absolute atomic E-state index is 0. The molecule has 2 N–H and O–H groups in total. The molecule has 0 saturated carbocycles. The lowest BCUT2D eigenvalue weighted by Crippen LogP contribution is -2.42. The molecule has 1 aromatic heterocycles. The SMILES string of the molecule is CC(=O)N1C[C@@H](N)CC[C@@H](C(=O)N(C)Cc2sc3ccccc3c2Cl)C1.Cl. The molecule has 1 aliphatic rings. The van der Waals surface area contributed by atoms with Gasteiger partial charge in [-0.1, -0.05) is 29.8 Å². The van der Waals surface area contributed by atoms with Gasteiger partial charge in [0.1, 0.15) is 0 Å². The molecule has 5 nitrogen and oxygen atoms in total. The number of thiophene rings is 1. The molecule has 2 heterocycles. The summed E-state index contributed by atoms with van der Waals surface area (Å²) >= 11 is 8.12.